The molecule has 2 fully saturated rings. The van der Waals surface area contributed by atoms with Gasteiger partial charge >= 0.3 is 0 Å². The first kappa shape index (κ1) is 16.8. The van der Waals surface area contributed by atoms with Crippen molar-refractivity contribution in [1.29, 1.82) is 0 Å². The second-order valence-electron chi connectivity index (χ2n) is 7.73. The van der Waals surface area contributed by atoms with Gasteiger partial charge in [-0.25, -0.2) is 4.98 Å². The number of likely N-dealkylation sites (tertiary alicyclic amines) is 1. The Morgan fingerprint density at radius 3 is 2.52 bits per heavy atom. The molecule has 1 aromatic carbocycles. The largest absolute Gasteiger partial charge is 0.337 e. The summed E-state index contributed by atoms with van der Waals surface area (Å²) >= 11 is 0. The Morgan fingerprint density at radius 1 is 1.12 bits per heavy atom. The van der Waals surface area contributed by atoms with Gasteiger partial charge in [-0.2, -0.15) is 0 Å². The van der Waals surface area contributed by atoms with Crippen molar-refractivity contribution in [3.05, 3.63) is 54.1 Å². The van der Waals surface area contributed by atoms with Crippen LogP contribution in [-0.2, 0) is 13.5 Å². The third-order valence-electron chi connectivity index (χ3n) is 5.79. The van der Waals surface area contributed by atoms with Crippen molar-refractivity contribution in [1.82, 2.24) is 19.8 Å². The summed E-state index contributed by atoms with van der Waals surface area (Å²) in [4.78, 5) is 7.23. The lowest BCUT2D eigenvalue weighted by molar-refractivity contribution is 0.188. The summed E-state index contributed by atoms with van der Waals surface area (Å²) in [6, 6.07) is 11.9. The zero-order chi connectivity index (χ0) is 17.1. The van der Waals surface area contributed by atoms with E-state index >= 15 is 0 Å². The lowest BCUT2D eigenvalue weighted by Gasteiger charge is -2.34. The summed E-state index contributed by atoms with van der Waals surface area (Å²) in [6.45, 7) is 3.60. The average molecular weight is 338 g/mol. The molecule has 25 heavy (non-hydrogen) atoms. The van der Waals surface area contributed by atoms with Crippen LogP contribution in [0.5, 0.6) is 0 Å². The summed E-state index contributed by atoms with van der Waals surface area (Å²) < 4.78 is 2.19. The normalized spacial score (nSPS) is 20.7. The highest BCUT2D eigenvalue weighted by Gasteiger charge is 2.36. The van der Waals surface area contributed by atoms with Crippen LogP contribution in [0.4, 0.5) is 0 Å². The molecule has 1 saturated heterocycles. The van der Waals surface area contributed by atoms with Crippen LogP contribution in [0, 0.1) is 5.92 Å². The second-order valence-corrected chi connectivity index (χ2v) is 7.73. The molecule has 4 nitrogen and oxygen atoms in total. The van der Waals surface area contributed by atoms with E-state index in [9.17, 15) is 0 Å². The van der Waals surface area contributed by atoms with Gasteiger partial charge in [0.2, 0.25) is 0 Å². The van der Waals surface area contributed by atoms with Crippen LogP contribution in [0.3, 0.4) is 0 Å². The maximum absolute atomic E-state index is 4.61. The number of imidazole rings is 1. The summed E-state index contributed by atoms with van der Waals surface area (Å²) in [5.41, 5.74) is 1.45. The quantitative estimate of drug-likeness (QED) is 0.842. The van der Waals surface area contributed by atoms with E-state index in [1.165, 1.54) is 56.7 Å². The molecule has 0 radical (unpaired) electrons. The van der Waals surface area contributed by atoms with Crippen LogP contribution in [0.2, 0.25) is 0 Å². The Kier molecular flexibility index (Phi) is 5.18. The van der Waals surface area contributed by atoms with Gasteiger partial charge < -0.3 is 14.8 Å². The van der Waals surface area contributed by atoms with E-state index in [0.29, 0.717) is 12.1 Å². The molecule has 1 atom stereocenters. The first-order valence-electron chi connectivity index (χ1n) is 9.79. The molecule has 2 aromatic rings. The molecule has 1 N–H and O–H groups in total. The number of piperidine rings is 1. The van der Waals surface area contributed by atoms with E-state index in [1.54, 1.807) is 0 Å². The minimum atomic E-state index is 0.445. The van der Waals surface area contributed by atoms with Gasteiger partial charge in [-0.1, -0.05) is 30.3 Å². The molecular weight excluding hydrogens is 308 g/mol. The second kappa shape index (κ2) is 7.71. The Hall–Kier alpha value is -1.65. The smallest absolute Gasteiger partial charge is 0.125 e. The average Bonchev–Trinajstić information content (AvgIpc) is 3.41. The zero-order valence-electron chi connectivity index (χ0n) is 15.3. The van der Waals surface area contributed by atoms with Gasteiger partial charge in [0.15, 0.2) is 0 Å². The van der Waals surface area contributed by atoms with Crippen molar-refractivity contribution in [2.45, 2.75) is 44.2 Å². The van der Waals surface area contributed by atoms with E-state index in [4.69, 9.17) is 0 Å². The van der Waals surface area contributed by atoms with E-state index in [2.05, 4.69) is 63.3 Å². The summed E-state index contributed by atoms with van der Waals surface area (Å²) in [5, 5.41) is 3.95. The standard InChI is InChI=1S/C21H30N4/c1-24-16-12-22-21(24)20(18-7-8-18)23-19-10-14-25(15-11-19)13-9-17-5-3-2-4-6-17/h2-6,12,16,18-20,23H,7-11,13-15H2,1H3. The SMILES string of the molecule is Cn1ccnc1C(NC1CCN(CCc2ccccc2)CC1)C1CC1. The van der Waals surface area contributed by atoms with E-state index in [1.807, 2.05) is 6.20 Å². The van der Waals surface area contributed by atoms with Gasteiger partial charge in [-0.05, 0) is 56.7 Å². The van der Waals surface area contributed by atoms with E-state index in [-0.39, 0.29) is 0 Å². The fourth-order valence-corrected chi connectivity index (χ4v) is 4.04. The third-order valence-corrected chi connectivity index (χ3v) is 5.79. The molecule has 1 aliphatic carbocycles. The van der Waals surface area contributed by atoms with Crippen LogP contribution in [0.25, 0.3) is 0 Å². The maximum atomic E-state index is 4.61. The van der Waals surface area contributed by atoms with Crippen LogP contribution in [0.15, 0.2) is 42.7 Å². The lowest BCUT2D eigenvalue weighted by atomic mass is 10.0. The maximum Gasteiger partial charge on any atom is 0.125 e. The highest BCUT2D eigenvalue weighted by molar-refractivity contribution is 5.15. The Balaban J connectivity index is 1.26. The molecule has 0 bridgehead atoms. The van der Waals surface area contributed by atoms with Crippen molar-refractivity contribution in [2.75, 3.05) is 19.6 Å². The van der Waals surface area contributed by atoms with Crippen molar-refractivity contribution >= 4 is 0 Å². The Bertz CT molecular complexity index is 654. The first-order valence-corrected chi connectivity index (χ1v) is 9.79. The number of aryl methyl sites for hydroxylation is 1. The fraction of sp³-hybridized carbons (Fsp3) is 0.571. The lowest BCUT2D eigenvalue weighted by Crippen LogP contribution is -2.45. The number of aromatic nitrogens is 2. The topological polar surface area (TPSA) is 33.1 Å². The molecule has 1 aliphatic heterocycles. The van der Waals surface area contributed by atoms with Crippen LogP contribution in [0.1, 0.15) is 43.1 Å². The van der Waals surface area contributed by atoms with Crippen LogP contribution in [-0.4, -0.2) is 40.1 Å². The monoisotopic (exact) mass is 338 g/mol. The Morgan fingerprint density at radius 2 is 1.88 bits per heavy atom. The predicted molar refractivity (Wildman–Crippen MR) is 101 cm³/mol. The molecule has 4 rings (SSSR count). The van der Waals surface area contributed by atoms with Gasteiger partial charge in [0, 0.05) is 32.0 Å². The van der Waals surface area contributed by atoms with Crippen molar-refractivity contribution in [3.8, 4) is 0 Å². The number of hydrogen-bond donors (Lipinski definition) is 1. The molecule has 2 aliphatic rings. The highest BCUT2D eigenvalue weighted by atomic mass is 15.2. The molecule has 134 valence electrons. The van der Waals surface area contributed by atoms with Gasteiger partial charge in [-0.3, -0.25) is 0 Å². The molecule has 1 unspecified atom stereocenters. The van der Waals surface area contributed by atoms with Crippen LogP contribution >= 0.6 is 0 Å². The summed E-state index contributed by atoms with van der Waals surface area (Å²) in [6.07, 6.45) is 10.4. The minimum absolute atomic E-state index is 0.445. The molecule has 0 spiro atoms. The third kappa shape index (κ3) is 4.31. The molecule has 1 saturated carbocycles. The Labute approximate surface area is 151 Å². The minimum Gasteiger partial charge on any atom is -0.337 e. The van der Waals surface area contributed by atoms with Crippen molar-refractivity contribution in [3.63, 3.8) is 0 Å². The molecular formula is C21H30N4. The van der Waals surface area contributed by atoms with E-state index in [0.717, 1.165) is 12.3 Å². The van der Waals surface area contributed by atoms with Crippen molar-refractivity contribution < 1.29 is 0 Å². The fourth-order valence-electron chi connectivity index (χ4n) is 4.04. The zero-order valence-corrected chi connectivity index (χ0v) is 15.3. The van der Waals surface area contributed by atoms with Gasteiger partial charge in [0.1, 0.15) is 5.82 Å². The highest BCUT2D eigenvalue weighted by Crippen LogP contribution is 2.41. The molecule has 2 heterocycles. The van der Waals surface area contributed by atoms with Gasteiger partial charge in [-0.15, -0.1) is 0 Å². The molecule has 4 heteroatoms. The summed E-state index contributed by atoms with van der Waals surface area (Å²) in [5.74, 6) is 2.01. The summed E-state index contributed by atoms with van der Waals surface area (Å²) in [7, 11) is 2.12. The number of nitrogens with one attached hydrogen (secondary N) is 1. The van der Waals surface area contributed by atoms with Gasteiger partial charge in [0.05, 0.1) is 6.04 Å². The molecule has 0 amide bonds. The number of nitrogens with zero attached hydrogens (tertiary/aromatic N) is 3. The number of hydrogen-bond acceptors (Lipinski definition) is 3. The first-order chi connectivity index (χ1) is 12.3. The van der Waals surface area contributed by atoms with Gasteiger partial charge in [0.25, 0.3) is 0 Å². The van der Waals surface area contributed by atoms with Crippen LogP contribution < -0.4 is 5.32 Å². The number of benzene rings is 1. The molecule has 1 aromatic heterocycles. The van der Waals surface area contributed by atoms with E-state index < -0.39 is 0 Å². The number of rotatable bonds is 7. The van der Waals surface area contributed by atoms with Crippen molar-refractivity contribution in [2.24, 2.45) is 13.0 Å². The predicted octanol–water partition coefficient (Wildman–Crippen LogP) is 3.17.